The third-order valence-corrected chi connectivity index (χ3v) is 8.41. The zero-order valence-electron chi connectivity index (χ0n) is 27.1. The van der Waals surface area contributed by atoms with Gasteiger partial charge in [0.2, 0.25) is 0 Å². The summed E-state index contributed by atoms with van der Waals surface area (Å²) >= 11 is 0. The van der Waals surface area contributed by atoms with Gasteiger partial charge in [0.1, 0.15) is 11.7 Å². The molecule has 2 heteroatoms. The number of unbranched alkanes of at least 4 members (excludes halogenated alkanes) is 23. The maximum Gasteiger partial charge on any atom is 0.321 e. The number of carbonyl (C=O) groups is 1. The van der Waals surface area contributed by atoms with Crippen LogP contribution in [0.3, 0.4) is 0 Å². The molecule has 1 aliphatic rings. The maximum atomic E-state index is 11.9. The van der Waals surface area contributed by atoms with Crippen molar-refractivity contribution in [1.29, 1.82) is 0 Å². The van der Waals surface area contributed by atoms with E-state index in [0.717, 1.165) is 25.0 Å². The number of carbonyl (C=O) groups excluding carboxylic acids is 1. The van der Waals surface area contributed by atoms with E-state index in [1.54, 1.807) is 0 Å². The Kier molecular flexibility index (Phi) is 26.8. The minimum absolute atomic E-state index is 0.00262. The molecule has 232 valence electrons. The van der Waals surface area contributed by atoms with Gasteiger partial charge in [0.05, 0.1) is 0 Å². The van der Waals surface area contributed by atoms with Gasteiger partial charge in [-0.25, -0.2) is 0 Å². The molecule has 0 aromatic heterocycles. The monoisotopic (exact) mass is 557 g/mol. The molecular formula is C38H68O2. The lowest BCUT2D eigenvalue weighted by atomic mass is 9.93. The lowest BCUT2D eigenvalue weighted by Crippen LogP contribution is -2.32. The first kappa shape index (κ1) is 36.7. The average Bonchev–Trinajstić information content (AvgIpc) is 2.96. The lowest BCUT2D eigenvalue weighted by Gasteiger charge is -2.28. The standard InChI is InChI=1S/C38H68O2/c1-3-5-7-9-11-13-15-17-19-21-23-25-27-29-31-33-35-37-36(38(39)40-37)34-32-30-28-26-24-22-20-18-16-14-12-10-8-6-4-2/h19-22,35-36H,3-18,23-34H2,1-2H3/b21-19+,22-20+,37-35+. The molecule has 0 bridgehead atoms. The summed E-state index contributed by atoms with van der Waals surface area (Å²) in [5, 5.41) is 0. The van der Waals surface area contributed by atoms with Crippen molar-refractivity contribution in [1.82, 2.24) is 0 Å². The van der Waals surface area contributed by atoms with Crippen molar-refractivity contribution in [3.63, 3.8) is 0 Å². The Morgan fingerprint density at radius 1 is 0.475 bits per heavy atom. The van der Waals surface area contributed by atoms with E-state index in [2.05, 4.69) is 44.2 Å². The number of cyclic esters (lactones) is 1. The van der Waals surface area contributed by atoms with Crippen LogP contribution < -0.4 is 0 Å². The Bertz CT molecular complexity index is 644. The molecule has 1 rings (SSSR count). The molecule has 2 nitrogen and oxygen atoms in total. The highest BCUT2D eigenvalue weighted by atomic mass is 16.6. The van der Waals surface area contributed by atoms with Gasteiger partial charge >= 0.3 is 5.97 Å². The van der Waals surface area contributed by atoms with Gasteiger partial charge in [-0.3, -0.25) is 4.79 Å². The van der Waals surface area contributed by atoms with Gasteiger partial charge in [-0.05, 0) is 76.7 Å². The van der Waals surface area contributed by atoms with E-state index in [9.17, 15) is 4.79 Å². The molecule has 1 fully saturated rings. The van der Waals surface area contributed by atoms with Crippen LogP contribution in [0.1, 0.15) is 194 Å². The second-order valence-electron chi connectivity index (χ2n) is 12.3. The fourth-order valence-electron chi connectivity index (χ4n) is 5.64. The first-order chi connectivity index (χ1) is 19.8. The molecule has 0 radical (unpaired) electrons. The second kappa shape index (κ2) is 29.2. The number of ether oxygens (including phenoxy) is 1. The van der Waals surface area contributed by atoms with E-state index in [4.69, 9.17) is 4.74 Å². The van der Waals surface area contributed by atoms with Gasteiger partial charge < -0.3 is 4.74 Å². The molecule has 1 atom stereocenters. The van der Waals surface area contributed by atoms with Gasteiger partial charge in [0.25, 0.3) is 0 Å². The number of allylic oxidation sites excluding steroid dienone is 5. The predicted molar refractivity (Wildman–Crippen MR) is 177 cm³/mol. The van der Waals surface area contributed by atoms with Crippen LogP contribution in [0.4, 0.5) is 0 Å². The molecule has 0 N–H and O–H groups in total. The molecule has 1 heterocycles. The lowest BCUT2D eigenvalue weighted by molar-refractivity contribution is -0.157. The normalized spacial score (nSPS) is 16.4. The Labute approximate surface area is 250 Å². The van der Waals surface area contributed by atoms with Gasteiger partial charge in [0.15, 0.2) is 0 Å². The quantitative estimate of drug-likeness (QED) is 0.0499. The van der Waals surface area contributed by atoms with E-state index in [1.165, 1.54) is 161 Å². The van der Waals surface area contributed by atoms with Crippen LogP contribution >= 0.6 is 0 Å². The minimum atomic E-state index is 0.00262. The van der Waals surface area contributed by atoms with Crippen LogP contribution in [0.15, 0.2) is 36.1 Å². The van der Waals surface area contributed by atoms with Gasteiger partial charge in [0, 0.05) is 0 Å². The van der Waals surface area contributed by atoms with Crippen molar-refractivity contribution >= 4 is 5.97 Å². The molecule has 0 aliphatic carbocycles. The zero-order chi connectivity index (χ0) is 28.8. The zero-order valence-corrected chi connectivity index (χ0v) is 27.1. The highest BCUT2D eigenvalue weighted by Gasteiger charge is 2.36. The van der Waals surface area contributed by atoms with Crippen LogP contribution in [0.2, 0.25) is 0 Å². The van der Waals surface area contributed by atoms with E-state index in [-0.39, 0.29) is 11.9 Å². The third-order valence-electron chi connectivity index (χ3n) is 8.41. The van der Waals surface area contributed by atoms with Crippen LogP contribution in [0, 0.1) is 5.92 Å². The van der Waals surface area contributed by atoms with Crippen molar-refractivity contribution in [2.75, 3.05) is 0 Å². The Hall–Kier alpha value is -1.31. The molecule has 0 aromatic carbocycles. The summed E-state index contributed by atoms with van der Waals surface area (Å²) < 4.78 is 5.35. The van der Waals surface area contributed by atoms with E-state index in [0.29, 0.717) is 0 Å². The second-order valence-corrected chi connectivity index (χ2v) is 12.3. The first-order valence-electron chi connectivity index (χ1n) is 18.0. The highest BCUT2D eigenvalue weighted by molar-refractivity contribution is 5.82. The topological polar surface area (TPSA) is 26.3 Å². The number of esters is 1. The molecule has 1 aliphatic heterocycles. The van der Waals surface area contributed by atoms with Crippen molar-refractivity contribution in [2.24, 2.45) is 5.92 Å². The fourth-order valence-corrected chi connectivity index (χ4v) is 5.64. The molecule has 0 amide bonds. The summed E-state index contributed by atoms with van der Waals surface area (Å²) in [5.41, 5.74) is 0. The van der Waals surface area contributed by atoms with Gasteiger partial charge in [-0.1, -0.05) is 147 Å². The number of rotatable bonds is 30. The molecule has 40 heavy (non-hydrogen) atoms. The predicted octanol–water partition coefficient (Wildman–Crippen LogP) is 13.1. The highest BCUT2D eigenvalue weighted by Crippen LogP contribution is 2.32. The SMILES string of the molecule is CCCCCCCCC/C=C/CCCCCC/C=C1/OC(=O)C1CCCCCC/C=C/CCCCCCCCC. The van der Waals surface area contributed by atoms with E-state index in [1.807, 2.05) is 0 Å². The average molecular weight is 557 g/mol. The van der Waals surface area contributed by atoms with E-state index < -0.39 is 0 Å². The Balaban J connectivity index is 1.89. The van der Waals surface area contributed by atoms with Crippen LogP contribution in [-0.2, 0) is 9.53 Å². The van der Waals surface area contributed by atoms with Crippen molar-refractivity contribution < 1.29 is 9.53 Å². The summed E-state index contributed by atoms with van der Waals surface area (Å²) in [7, 11) is 0. The number of hydrogen-bond donors (Lipinski definition) is 0. The van der Waals surface area contributed by atoms with Gasteiger partial charge in [-0.2, -0.15) is 0 Å². The summed E-state index contributed by atoms with van der Waals surface area (Å²) in [4.78, 5) is 11.9. The maximum absolute atomic E-state index is 11.9. The smallest absolute Gasteiger partial charge is 0.321 e. The van der Waals surface area contributed by atoms with Crippen LogP contribution in [0.25, 0.3) is 0 Å². The third kappa shape index (κ3) is 22.4. The Morgan fingerprint density at radius 3 is 1.23 bits per heavy atom. The summed E-state index contributed by atoms with van der Waals surface area (Å²) in [6.45, 7) is 4.57. The van der Waals surface area contributed by atoms with E-state index >= 15 is 0 Å². The minimum Gasteiger partial charge on any atom is -0.430 e. The van der Waals surface area contributed by atoms with Crippen LogP contribution in [0.5, 0.6) is 0 Å². The first-order valence-corrected chi connectivity index (χ1v) is 18.0. The summed E-state index contributed by atoms with van der Waals surface area (Å²) in [5.74, 6) is 1.03. The summed E-state index contributed by atoms with van der Waals surface area (Å²) in [6, 6.07) is 0. The molecule has 1 unspecified atom stereocenters. The largest absolute Gasteiger partial charge is 0.430 e. The number of hydrogen-bond acceptors (Lipinski definition) is 2. The summed E-state index contributed by atoms with van der Waals surface area (Å²) in [6.07, 6.45) is 48.3. The van der Waals surface area contributed by atoms with Crippen molar-refractivity contribution in [3.05, 3.63) is 36.1 Å². The van der Waals surface area contributed by atoms with Crippen molar-refractivity contribution in [2.45, 2.75) is 194 Å². The molecule has 0 saturated carbocycles. The van der Waals surface area contributed by atoms with Crippen molar-refractivity contribution in [3.8, 4) is 0 Å². The molecule has 0 spiro atoms. The fraction of sp³-hybridized carbons (Fsp3) is 0.816. The van der Waals surface area contributed by atoms with Crippen LogP contribution in [-0.4, -0.2) is 5.97 Å². The Morgan fingerprint density at radius 2 is 0.825 bits per heavy atom. The molecule has 1 saturated heterocycles. The van der Waals surface area contributed by atoms with Gasteiger partial charge in [-0.15, -0.1) is 0 Å². The molecular weight excluding hydrogens is 488 g/mol. The molecule has 0 aromatic rings.